The average molecular weight is 205 g/mol. The van der Waals surface area contributed by atoms with Gasteiger partial charge >= 0.3 is 6.18 Å². The Labute approximate surface area is 79.3 Å². The van der Waals surface area contributed by atoms with Crippen molar-refractivity contribution in [2.45, 2.75) is 6.18 Å². The van der Waals surface area contributed by atoms with E-state index in [9.17, 15) is 13.2 Å². The summed E-state index contributed by atoms with van der Waals surface area (Å²) >= 11 is 0. The van der Waals surface area contributed by atoms with Crippen LogP contribution in [0.4, 0.5) is 24.7 Å². The summed E-state index contributed by atoms with van der Waals surface area (Å²) in [7, 11) is 3.20. The predicted molar refractivity (Wildman–Crippen MR) is 48.0 cm³/mol. The predicted octanol–water partition coefficient (Wildman–Crippen LogP) is 1.75. The van der Waals surface area contributed by atoms with Crippen LogP contribution in [0.1, 0.15) is 5.69 Å². The zero-order valence-corrected chi connectivity index (χ0v) is 7.76. The minimum Gasteiger partial charge on any atom is -0.399 e. The molecule has 0 amide bonds. The van der Waals surface area contributed by atoms with Gasteiger partial charge in [0.2, 0.25) is 0 Å². The fraction of sp³-hybridized carbons (Fsp3) is 0.375. The summed E-state index contributed by atoms with van der Waals surface area (Å²) in [6.45, 7) is 0. The highest BCUT2D eigenvalue weighted by atomic mass is 19.4. The highest BCUT2D eigenvalue weighted by Crippen LogP contribution is 2.30. The summed E-state index contributed by atoms with van der Waals surface area (Å²) < 4.78 is 36.8. The number of hydrogen-bond acceptors (Lipinski definition) is 3. The SMILES string of the molecule is CN(C)c1cc(N)cc(C(F)(F)F)n1. The van der Waals surface area contributed by atoms with Crippen LogP contribution in [-0.4, -0.2) is 19.1 Å². The van der Waals surface area contributed by atoms with Crippen LogP contribution in [0.2, 0.25) is 0 Å². The van der Waals surface area contributed by atoms with E-state index in [1.807, 2.05) is 0 Å². The highest BCUT2D eigenvalue weighted by Gasteiger charge is 2.33. The number of nitrogen functional groups attached to an aromatic ring is 1. The average Bonchev–Trinajstić information content (AvgIpc) is 2.01. The van der Waals surface area contributed by atoms with Gasteiger partial charge in [-0.05, 0) is 6.07 Å². The standard InChI is InChI=1S/C8H10F3N3/c1-14(2)7-4-5(12)3-6(13-7)8(9,10)11/h3-4H,1-2H3,(H2,12,13). The van der Waals surface area contributed by atoms with Crippen molar-refractivity contribution in [2.75, 3.05) is 24.7 Å². The van der Waals surface area contributed by atoms with E-state index < -0.39 is 11.9 Å². The lowest BCUT2D eigenvalue weighted by molar-refractivity contribution is -0.141. The second kappa shape index (κ2) is 3.36. The van der Waals surface area contributed by atoms with E-state index in [1.165, 1.54) is 11.0 Å². The van der Waals surface area contributed by atoms with Crippen LogP contribution in [0.5, 0.6) is 0 Å². The molecule has 1 heterocycles. The molecule has 0 spiro atoms. The van der Waals surface area contributed by atoms with Gasteiger partial charge in [0, 0.05) is 25.8 Å². The van der Waals surface area contributed by atoms with Crippen molar-refractivity contribution in [1.82, 2.24) is 4.98 Å². The van der Waals surface area contributed by atoms with Crippen LogP contribution >= 0.6 is 0 Å². The Balaban J connectivity index is 3.21. The van der Waals surface area contributed by atoms with Crippen molar-refractivity contribution in [1.29, 1.82) is 0 Å². The number of hydrogen-bond donors (Lipinski definition) is 1. The molecule has 0 atom stereocenters. The Kier molecular flexibility index (Phi) is 2.55. The summed E-state index contributed by atoms with van der Waals surface area (Å²) in [5.74, 6) is 0.192. The maximum Gasteiger partial charge on any atom is 0.433 e. The maximum absolute atomic E-state index is 12.3. The van der Waals surface area contributed by atoms with Gasteiger partial charge in [-0.15, -0.1) is 0 Å². The van der Waals surface area contributed by atoms with Gasteiger partial charge in [0.25, 0.3) is 0 Å². The first-order valence-corrected chi connectivity index (χ1v) is 3.83. The zero-order chi connectivity index (χ0) is 10.9. The molecule has 0 aliphatic carbocycles. The van der Waals surface area contributed by atoms with Gasteiger partial charge < -0.3 is 10.6 Å². The first-order valence-electron chi connectivity index (χ1n) is 3.83. The molecule has 0 fully saturated rings. The Morgan fingerprint density at radius 2 is 1.86 bits per heavy atom. The molecule has 0 radical (unpaired) electrons. The first kappa shape index (κ1) is 10.6. The monoisotopic (exact) mass is 205 g/mol. The number of halogens is 3. The quantitative estimate of drug-likeness (QED) is 0.759. The Hall–Kier alpha value is -1.46. The van der Waals surface area contributed by atoms with E-state index >= 15 is 0 Å². The van der Waals surface area contributed by atoms with Crippen LogP contribution in [0, 0.1) is 0 Å². The lowest BCUT2D eigenvalue weighted by Crippen LogP contribution is -2.15. The van der Waals surface area contributed by atoms with Crippen molar-refractivity contribution in [3.8, 4) is 0 Å². The molecule has 0 saturated heterocycles. The summed E-state index contributed by atoms with van der Waals surface area (Å²) in [6.07, 6.45) is -4.46. The molecule has 0 aliphatic rings. The summed E-state index contributed by atoms with van der Waals surface area (Å²) in [5, 5.41) is 0. The number of nitrogens with zero attached hydrogens (tertiary/aromatic N) is 2. The van der Waals surface area contributed by atoms with E-state index in [2.05, 4.69) is 4.98 Å². The Morgan fingerprint density at radius 3 is 2.29 bits per heavy atom. The number of pyridine rings is 1. The molecule has 2 N–H and O–H groups in total. The Bertz CT molecular complexity index is 333. The minimum atomic E-state index is -4.46. The molecule has 1 rings (SSSR count). The number of alkyl halides is 3. The third kappa shape index (κ3) is 2.27. The molecule has 6 heteroatoms. The Morgan fingerprint density at radius 1 is 1.29 bits per heavy atom. The molecule has 0 bridgehead atoms. The summed E-state index contributed by atoms with van der Waals surface area (Å²) in [5.41, 5.74) is 4.41. The van der Waals surface area contributed by atoms with Crippen molar-refractivity contribution < 1.29 is 13.2 Å². The van der Waals surface area contributed by atoms with E-state index in [0.29, 0.717) is 0 Å². The molecule has 14 heavy (non-hydrogen) atoms. The molecular formula is C8H10F3N3. The fourth-order valence-electron chi connectivity index (χ4n) is 0.911. The smallest absolute Gasteiger partial charge is 0.399 e. The fourth-order valence-corrected chi connectivity index (χ4v) is 0.911. The van der Waals surface area contributed by atoms with Crippen molar-refractivity contribution in [2.24, 2.45) is 0 Å². The van der Waals surface area contributed by atoms with Gasteiger partial charge in [-0.2, -0.15) is 13.2 Å². The second-order valence-electron chi connectivity index (χ2n) is 3.04. The topological polar surface area (TPSA) is 42.1 Å². The first-order chi connectivity index (χ1) is 6.30. The molecule has 0 saturated carbocycles. The maximum atomic E-state index is 12.3. The van der Waals surface area contributed by atoms with Crippen LogP contribution in [0.3, 0.4) is 0 Å². The molecule has 78 valence electrons. The zero-order valence-electron chi connectivity index (χ0n) is 7.76. The van der Waals surface area contributed by atoms with E-state index in [4.69, 9.17) is 5.73 Å². The molecule has 1 aromatic heterocycles. The van der Waals surface area contributed by atoms with Crippen LogP contribution in [0.15, 0.2) is 12.1 Å². The second-order valence-corrected chi connectivity index (χ2v) is 3.04. The van der Waals surface area contributed by atoms with Gasteiger partial charge in [-0.3, -0.25) is 0 Å². The highest BCUT2D eigenvalue weighted by molar-refractivity contribution is 5.51. The number of rotatable bonds is 1. The van der Waals surface area contributed by atoms with Crippen LogP contribution in [-0.2, 0) is 6.18 Å². The third-order valence-electron chi connectivity index (χ3n) is 1.58. The number of nitrogens with two attached hydrogens (primary N) is 1. The molecular weight excluding hydrogens is 195 g/mol. The lowest BCUT2D eigenvalue weighted by atomic mass is 10.3. The van der Waals surface area contributed by atoms with Crippen molar-refractivity contribution >= 4 is 11.5 Å². The van der Waals surface area contributed by atoms with Crippen LogP contribution in [0.25, 0.3) is 0 Å². The van der Waals surface area contributed by atoms with Crippen molar-refractivity contribution in [3.05, 3.63) is 17.8 Å². The third-order valence-corrected chi connectivity index (χ3v) is 1.58. The largest absolute Gasteiger partial charge is 0.433 e. The molecule has 0 unspecified atom stereocenters. The molecule has 1 aromatic rings. The van der Waals surface area contributed by atoms with Gasteiger partial charge in [-0.1, -0.05) is 0 Å². The lowest BCUT2D eigenvalue weighted by Gasteiger charge is -2.14. The normalized spacial score (nSPS) is 11.5. The van der Waals surface area contributed by atoms with Gasteiger partial charge in [0.05, 0.1) is 0 Å². The molecule has 3 nitrogen and oxygen atoms in total. The van der Waals surface area contributed by atoms with Gasteiger partial charge in [-0.25, -0.2) is 4.98 Å². The van der Waals surface area contributed by atoms with E-state index in [-0.39, 0.29) is 11.5 Å². The van der Waals surface area contributed by atoms with Gasteiger partial charge in [0.1, 0.15) is 11.5 Å². The van der Waals surface area contributed by atoms with E-state index in [0.717, 1.165) is 6.07 Å². The summed E-state index contributed by atoms with van der Waals surface area (Å²) in [6, 6.07) is 2.20. The number of anilines is 2. The molecule has 0 aliphatic heterocycles. The summed E-state index contributed by atoms with van der Waals surface area (Å²) in [4.78, 5) is 4.89. The van der Waals surface area contributed by atoms with Crippen molar-refractivity contribution in [3.63, 3.8) is 0 Å². The van der Waals surface area contributed by atoms with Crippen LogP contribution < -0.4 is 10.6 Å². The number of aromatic nitrogens is 1. The molecule has 0 aromatic carbocycles. The van der Waals surface area contributed by atoms with E-state index in [1.54, 1.807) is 14.1 Å². The van der Waals surface area contributed by atoms with Gasteiger partial charge in [0.15, 0.2) is 0 Å². The minimum absolute atomic E-state index is 0.0519.